The molecule has 22 heavy (non-hydrogen) atoms. The Balaban J connectivity index is 2.56. The largest absolute Gasteiger partial charge is 0.444 e. The molecule has 0 aliphatic rings. The zero-order valence-corrected chi connectivity index (χ0v) is 14.8. The Morgan fingerprint density at radius 3 is 2.36 bits per heavy atom. The van der Waals surface area contributed by atoms with Crippen LogP contribution in [0, 0.1) is 0 Å². The minimum Gasteiger partial charge on any atom is -0.444 e. The summed E-state index contributed by atoms with van der Waals surface area (Å²) in [5.74, 6) is 0. The Bertz CT molecular complexity index is 470. The topological polar surface area (TPSA) is 55.3 Å². The number of nitrogens with zero attached hydrogens (tertiary/aromatic N) is 1. The van der Waals surface area contributed by atoms with Crippen molar-refractivity contribution >= 4 is 6.09 Å². The van der Waals surface area contributed by atoms with Gasteiger partial charge in [-0.2, -0.15) is 0 Å². The fourth-order valence-corrected chi connectivity index (χ4v) is 2.32. The molecule has 2 N–H and O–H groups in total. The highest BCUT2D eigenvalue weighted by atomic mass is 16.6. The summed E-state index contributed by atoms with van der Waals surface area (Å²) in [7, 11) is 2.01. The number of alkyl carbamates (subject to hydrolysis) is 1. The van der Waals surface area contributed by atoms with E-state index in [4.69, 9.17) is 4.74 Å². The minimum absolute atomic E-state index is 0.118. The number of hydrogen-bond donors (Lipinski definition) is 2. The van der Waals surface area contributed by atoms with Crippen molar-refractivity contribution in [3.8, 4) is 0 Å². The number of carbonyl (C=O) groups is 1. The van der Waals surface area contributed by atoms with Gasteiger partial charge in [-0.3, -0.25) is 0 Å². The second kappa shape index (κ2) is 7.68. The van der Waals surface area contributed by atoms with Gasteiger partial charge >= 0.3 is 6.09 Å². The molecule has 5 heteroatoms. The molecule has 0 aliphatic carbocycles. The van der Waals surface area contributed by atoms with Gasteiger partial charge in [0.15, 0.2) is 0 Å². The van der Waals surface area contributed by atoms with Crippen LogP contribution in [0.3, 0.4) is 0 Å². The van der Waals surface area contributed by atoms with Crippen LogP contribution in [0.25, 0.3) is 0 Å². The van der Waals surface area contributed by atoms with Crippen LogP contribution in [0.5, 0.6) is 0 Å². The summed E-state index contributed by atoms with van der Waals surface area (Å²) < 4.78 is 7.34. The third-order valence-corrected chi connectivity index (χ3v) is 3.88. The number of hydrogen-bond acceptors (Lipinski definition) is 3. The van der Waals surface area contributed by atoms with Crippen LogP contribution < -0.4 is 10.6 Å². The average Bonchev–Trinajstić information content (AvgIpc) is 2.84. The lowest BCUT2D eigenvalue weighted by molar-refractivity contribution is 0.0507. The van der Waals surface area contributed by atoms with Gasteiger partial charge in [0.1, 0.15) is 5.60 Å². The van der Waals surface area contributed by atoms with Crippen molar-refractivity contribution in [3.63, 3.8) is 0 Å². The molecule has 0 unspecified atom stereocenters. The first-order chi connectivity index (χ1) is 10.2. The molecular formula is C17H31N3O2. The normalized spacial score (nSPS) is 12.3. The first kappa shape index (κ1) is 18.6. The molecule has 0 spiro atoms. The number of carbonyl (C=O) groups excluding carboxylic acids is 1. The molecule has 1 aromatic rings. The van der Waals surface area contributed by atoms with E-state index in [0.29, 0.717) is 6.54 Å². The van der Waals surface area contributed by atoms with Crippen molar-refractivity contribution < 1.29 is 9.53 Å². The molecule has 1 aromatic heterocycles. The van der Waals surface area contributed by atoms with Crippen LogP contribution in [0.2, 0.25) is 0 Å². The number of nitrogens with one attached hydrogen (secondary N) is 2. The molecule has 0 saturated heterocycles. The van der Waals surface area contributed by atoms with Crippen molar-refractivity contribution in [3.05, 3.63) is 24.0 Å². The molecule has 0 radical (unpaired) electrons. The van der Waals surface area contributed by atoms with Gasteiger partial charge in [0.2, 0.25) is 0 Å². The molecule has 5 nitrogen and oxygen atoms in total. The van der Waals surface area contributed by atoms with E-state index in [2.05, 4.69) is 36.7 Å². The number of amides is 1. The summed E-state index contributed by atoms with van der Waals surface area (Å²) in [4.78, 5) is 11.9. The summed E-state index contributed by atoms with van der Waals surface area (Å²) in [5, 5.41) is 6.49. The van der Waals surface area contributed by atoms with Gasteiger partial charge in [-0.25, -0.2) is 4.79 Å². The van der Waals surface area contributed by atoms with Crippen molar-refractivity contribution in [2.75, 3.05) is 6.54 Å². The predicted octanol–water partition coefficient (Wildman–Crippen LogP) is 3.20. The third-order valence-electron chi connectivity index (χ3n) is 3.88. The average molecular weight is 309 g/mol. The summed E-state index contributed by atoms with van der Waals surface area (Å²) in [5.41, 5.74) is 0.654. The van der Waals surface area contributed by atoms with E-state index in [1.165, 1.54) is 5.56 Å². The maximum Gasteiger partial charge on any atom is 0.407 e. The second-order valence-corrected chi connectivity index (χ2v) is 6.88. The van der Waals surface area contributed by atoms with E-state index >= 15 is 0 Å². The van der Waals surface area contributed by atoms with Crippen LogP contribution in [0.4, 0.5) is 4.79 Å². The molecule has 0 aliphatic heterocycles. The lowest BCUT2D eigenvalue weighted by Gasteiger charge is -2.33. The SMILES string of the molecule is CCC(CC)(CNC(=O)OC(C)(C)C)NCc1ccn(C)c1. The maximum absolute atomic E-state index is 11.9. The third kappa shape index (κ3) is 6.10. The van der Waals surface area contributed by atoms with E-state index in [1.54, 1.807) is 0 Å². The maximum atomic E-state index is 11.9. The van der Waals surface area contributed by atoms with Crippen molar-refractivity contribution in [1.82, 2.24) is 15.2 Å². The van der Waals surface area contributed by atoms with Crippen LogP contribution in [-0.2, 0) is 18.3 Å². The monoisotopic (exact) mass is 309 g/mol. The summed E-state index contributed by atoms with van der Waals surface area (Å²) >= 11 is 0. The molecule has 1 heterocycles. The van der Waals surface area contributed by atoms with E-state index in [-0.39, 0.29) is 11.6 Å². The van der Waals surface area contributed by atoms with E-state index in [9.17, 15) is 4.79 Å². The molecule has 1 amide bonds. The molecule has 0 aromatic carbocycles. The minimum atomic E-state index is -0.470. The van der Waals surface area contributed by atoms with Gasteiger partial charge in [0, 0.05) is 38.1 Å². The van der Waals surface area contributed by atoms with Crippen molar-refractivity contribution in [1.29, 1.82) is 0 Å². The highest BCUT2D eigenvalue weighted by Gasteiger charge is 2.27. The zero-order chi connectivity index (χ0) is 16.8. The quantitative estimate of drug-likeness (QED) is 0.813. The lowest BCUT2D eigenvalue weighted by Crippen LogP contribution is -2.53. The van der Waals surface area contributed by atoms with Crippen LogP contribution >= 0.6 is 0 Å². The van der Waals surface area contributed by atoms with Gasteiger partial charge in [0.05, 0.1) is 0 Å². The molecule has 1 rings (SSSR count). The van der Waals surface area contributed by atoms with Gasteiger partial charge < -0.3 is 19.9 Å². The molecule has 0 fully saturated rings. The second-order valence-electron chi connectivity index (χ2n) is 6.88. The fraction of sp³-hybridized carbons (Fsp3) is 0.706. The summed E-state index contributed by atoms with van der Waals surface area (Å²) in [6.07, 6.45) is 5.65. The molecule has 0 saturated carbocycles. The highest BCUT2D eigenvalue weighted by molar-refractivity contribution is 5.67. The van der Waals surface area contributed by atoms with Crippen molar-refractivity contribution in [2.24, 2.45) is 7.05 Å². The van der Waals surface area contributed by atoms with E-state index < -0.39 is 5.60 Å². The van der Waals surface area contributed by atoms with Gasteiger partial charge in [-0.1, -0.05) is 13.8 Å². The standard InChI is InChI=1S/C17H31N3O2/c1-7-17(8-2,13-18-15(21)22-16(3,4)5)19-11-14-9-10-20(6)12-14/h9-10,12,19H,7-8,11,13H2,1-6H3,(H,18,21). The fourth-order valence-electron chi connectivity index (χ4n) is 2.32. The van der Waals surface area contributed by atoms with Gasteiger partial charge in [-0.15, -0.1) is 0 Å². The molecule has 0 bridgehead atoms. The molecular weight excluding hydrogens is 278 g/mol. The number of aryl methyl sites for hydroxylation is 1. The Labute approximate surface area is 134 Å². The van der Waals surface area contributed by atoms with Crippen molar-refractivity contribution in [2.45, 2.75) is 65.1 Å². The number of aromatic nitrogens is 1. The van der Waals surface area contributed by atoms with Gasteiger partial charge in [0.25, 0.3) is 0 Å². The predicted molar refractivity (Wildman–Crippen MR) is 89.8 cm³/mol. The Kier molecular flexibility index (Phi) is 6.48. The van der Waals surface area contributed by atoms with E-state index in [0.717, 1.165) is 19.4 Å². The number of ether oxygens (including phenoxy) is 1. The van der Waals surface area contributed by atoms with Crippen LogP contribution in [0.1, 0.15) is 53.0 Å². The smallest absolute Gasteiger partial charge is 0.407 e. The summed E-state index contributed by atoms with van der Waals surface area (Å²) in [6, 6.07) is 2.10. The highest BCUT2D eigenvalue weighted by Crippen LogP contribution is 2.16. The van der Waals surface area contributed by atoms with Crippen LogP contribution in [-0.4, -0.2) is 28.3 Å². The number of rotatable bonds is 7. The zero-order valence-electron chi connectivity index (χ0n) is 14.8. The van der Waals surface area contributed by atoms with Gasteiger partial charge in [-0.05, 0) is 45.2 Å². The Morgan fingerprint density at radius 1 is 1.27 bits per heavy atom. The lowest BCUT2D eigenvalue weighted by atomic mass is 9.92. The van der Waals surface area contributed by atoms with E-state index in [1.807, 2.05) is 38.6 Å². The Hall–Kier alpha value is -1.49. The first-order valence-corrected chi connectivity index (χ1v) is 8.02. The first-order valence-electron chi connectivity index (χ1n) is 8.02. The van der Waals surface area contributed by atoms with Crippen LogP contribution in [0.15, 0.2) is 18.5 Å². The molecule has 0 atom stereocenters. The summed E-state index contributed by atoms with van der Waals surface area (Å²) in [6.45, 7) is 11.2. The molecule has 126 valence electrons. The Morgan fingerprint density at radius 2 is 1.91 bits per heavy atom.